The number of anilines is 1. The summed E-state index contributed by atoms with van der Waals surface area (Å²) in [6.45, 7) is 5.18. The van der Waals surface area contributed by atoms with E-state index in [1.165, 1.54) is 12.5 Å². The van der Waals surface area contributed by atoms with Crippen molar-refractivity contribution >= 4 is 5.69 Å². The topological polar surface area (TPSA) is 32.5 Å². The van der Waals surface area contributed by atoms with Gasteiger partial charge in [-0.05, 0) is 51.4 Å². The maximum absolute atomic E-state index is 14.1. The number of likely N-dealkylation sites (tertiary alicyclic amines) is 1. The van der Waals surface area contributed by atoms with Gasteiger partial charge in [0.25, 0.3) is 0 Å². The highest BCUT2D eigenvalue weighted by Gasteiger charge is 2.22. The van der Waals surface area contributed by atoms with Crippen LogP contribution in [-0.4, -0.2) is 44.7 Å². The van der Waals surface area contributed by atoms with Gasteiger partial charge in [-0.15, -0.1) is 0 Å². The average Bonchev–Trinajstić information content (AvgIpc) is 2.76. The van der Waals surface area contributed by atoms with Crippen molar-refractivity contribution in [2.75, 3.05) is 38.6 Å². The average molecular weight is 279 g/mol. The molecular weight excluding hydrogens is 253 g/mol. The van der Waals surface area contributed by atoms with Crippen molar-refractivity contribution in [3.8, 4) is 0 Å². The first-order valence-electron chi connectivity index (χ1n) is 7.40. The van der Waals surface area contributed by atoms with Crippen LogP contribution in [0.25, 0.3) is 0 Å². The van der Waals surface area contributed by atoms with Crippen molar-refractivity contribution in [1.82, 2.24) is 4.90 Å². The van der Waals surface area contributed by atoms with E-state index in [4.69, 9.17) is 5.73 Å². The molecule has 0 aliphatic carbocycles. The van der Waals surface area contributed by atoms with E-state index in [-0.39, 0.29) is 11.9 Å². The van der Waals surface area contributed by atoms with E-state index >= 15 is 0 Å². The lowest BCUT2D eigenvalue weighted by Gasteiger charge is -2.26. The summed E-state index contributed by atoms with van der Waals surface area (Å²) >= 11 is 0. The summed E-state index contributed by atoms with van der Waals surface area (Å²) in [6.07, 6.45) is 1.80. The Balaban J connectivity index is 2.12. The number of benzene rings is 1. The Kier molecular flexibility index (Phi) is 5.00. The Morgan fingerprint density at radius 2 is 2.25 bits per heavy atom. The highest BCUT2D eigenvalue weighted by atomic mass is 19.1. The molecule has 1 fully saturated rings. The van der Waals surface area contributed by atoms with Crippen LogP contribution >= 0.6 is 0 Å². The molecule has 1 aromatic carbocycles. The van der Waals surface area contributed by atoms with Gasteiger partial charge in [-0.25, -0.2) is 4.39 Å². The van der Waals surface area contributed by atoms with Gasteiger partial charge in [0.15, 0.2) is 0 Å². The molecule has 2 unspecified atom stereocenters. The second-order valence-electron chi connectivity index (χ2n) is 6.22. The van der Waals surface area contributed by atoms with Crippen LogP contribution < -0.4 is 10.6 Å². The number of halogens is 1. The summed E-state index contributed by atoms with van der Waals surface area (Å²) in [5, 5.41) is 0. The van der Waals surface area contributed by atoms with Gasteiger partial charge in [-0.3, -0.25) is 0 Å². The first-order chi connectivity index (χ1) is 9.47. The van der Waals surface area contributed by atoms with Crippen LogP contribution in [0.3, 0.4) is 0 Å². The fourth-order valence-corrected chi connectivity index (χ4v) is 3.09. The van der Waals surface area contributed by atoms with E-state index in [0.717, 1.165) is 30.9 Å². The monoisotopic (exact) mass is 279 g/mol. The van der Waals surface area contributed by atoms with E-state index in [1.54, 1.807) is 6.07 Å². The van der Waals surface area contributed by atoms with Gasteiger partial charge in [0, 0.05) is 37.4 Å². The summed E-state index contributed by atoms with van der Waals surface area (Å²) < 4.78 is 14.1. The Hall–Kier alpha value is -1.13. The fourth-order valence-electron chi connectivity index (χ4n) is 3.09. The molecule has 112 valence electrons. The van der Waals surface area contributed by atoms with Crippen LogP contribution in [-0.2, 0) is 6.42 Å². The number of nitrogens with zero attached hydrogens (tertiary/aromatic N) is 2. The molecule has 0 spiro atoms. The molecule has 0 aromatic heterocycles. The standard InChI is InChI=1S/C16H26FN3/c1-12(18)9-14-15(17)5-4-6-16(14)20(3)11-13-7-8-19(2)10-13/h4-6,12-13H,7-11,18H2,1-3H3. The van der Waals surface area contributed by atoms with Crippen LogP contribution in [0.2, 0.25) is 0 Å². The van der Waals surface area contributed by atoms with Crippen molar-refractivity contribution in [2.45, 2.75) is 25.8 Å². The molecule has 20 heavy (non-hydrogen) atoms. The summed E-state index contributed by atoms with van der Waals surface area (Å²) in [5.74, 6) is 0.520. The van der Waals surface area contributed by atoms with Gasteiger partial charge in [0.2, 0.25) is 0 Å². The molecule has 2 atom stereocenters. The number of nitrogens with two attached hydrogens (primary N) is 1. The molecule has 2 N–H and O–H groups in total. The molecule has 3 nitrogen and oxygen atoms in total. The largest absolute Gasteiger partial charge is 0.374 e. The zero-order chi connectivity index (χ0) is 14.7. The Labute approximate surface area is 121 Å². The van der Waals surface area contributed by atoms with Crippen LogP contribution in [0.4, 0.5) is 10.1 Å². The molecule has 1 aromatic rings. The number of rotatable bonds is 5. The van der Waals surface area contributed by atoms with Crippen LogP contribution in [0.1, 0.15) is 18.9 Å². The third kappa shape index (κ3) is 3.70. The lowest BCUT2D eigenvalue weighted by atomic mass is 10.0. The highest BCUT2D eigenvalue weighted by molar-refractivity contribution is 5.54. The lowest BCUT2D eigenvalue weighted by Crippen LogP contribution is -2.29. The van der Waals surface area contributed by atoms with Gasteiger partial charge in [0.05, 0.1) is 0 Å². The summed E-state index contributed by atoms with van der Waals surface area (Å²) in [4.78, 5) is 4.54. The van der Waals surface area contributed by atoms with Gasteiger partial charge < -0.3 is 15.5 Å². The first kappa shape index (κ1) is 15.3. The minimum atomic E-state index is -0.143. The maximum atomic E-state index is 14.1. The molecule has 0 amide bonds. The van der Waals surface area contributed by atoms with E-state index in [2.05, 4.69) is 23.9 Å². The predicted octanol–water partition coefficient (Wildman–Crippen LogP) is 2.10. The van der Waals surface area contributed by atoms with Crippen molar-refractivity contribution in [1.29, 1.82) is 0 Å². The van der Waals surface area contributed by atoms with E-state index in [1.807, 2.05) is 13.0 Å². The van der Waals surface area contributed by atoms with Gasteiger partial charge >= 0.3 is 0 Å². The maximum Gasteiger partial charge on any atom is 0.128 e. The second-order valence-corrected chi connectivity index (χ2v) is 6.22. The van der Waals surface area contributed by atoms with Crippen LogP contribution in [0.15, 0.2) is 18.2 Å². The normalized spacial score (nSPS) is 21.1. The molecule has 2 rings (SSSR count). The zero-order valence-electron chi connectivity index (χ0n) is 12.8. The quantitative estimate of drug-likeness (QED) is 0.896. The van der Waals surface area contributed by atoms with E-state index < -0.39 is 0 Å². The van der Waals surface area contributed by atoms with Gasteiger partial charge in [-0.1, -0.05) is 6.07 Å². The summed E-state index contributed by atoms with van der Waals surface area (Å²) in [5.41, 5.74) is 7.58. The second kappa shape index (κ2) is 6.55. The van der Waals surface area contributed by atoms with Gasteiger partial charge in [0.1, 0.15) is 5.82 Å². The summed E-state index contributed by atoms with van der Waals surface area (Å²) in [7, 11) is 4.21. The molecule has 0 saturated carbocycles. The molecule has 1 aliphatic heterocycles. The van der Waals surface area contributed by atoms with Crippen LogP contribution in [0.5, 0.6) is 0 Å². The molecular formula is C16H26FN3. The zero-order valence-corrected chi connectivity index (χ0v) is 12.8. The van der Waals surface area contributed by atoms with Crippen molar-refractivity contribution in [3.05, 3.63) is 29.6 Å². The molecule has 0 bridgehead atoms. The van der Waals surface area contributed by atoms with E-state index in [0.29, 0.717) is 12.3 Å². The third-order valence-corrected chi connectivity index (χ3v) is 4.05. The minimum absolute atomic E-state index is 0.0309. The molecule has 4 heteroatoms. The minimum Gasteiger partial charge on any atom is -0.374 e. The van der Waals surface area contributed by atoms with Crippen molar-refractivity contribution in [3.63, 3.8) is 0 Å². The molecule has 1 aliphatic rings. The van der Waals surface area contributed by atoms with E-state index in [9.17, 15) is 4.39 Å². The van der Waals surface area contributed by atoms with Gasteiger partial charge in [-0.2, -0.15) is 0 Å². The fraction of sp³-hybridized carbons (Fsp3) is 0.625. The van der Waals surface area contributed by atoms with Crippen molar-refractivity contribution in [2.24, 2.45) is 11.7 Å². The Morgan fingerprint density at radius 3 is 2.85 bits per heavy atom. The smallest absolute Gasteiger partial charge is 0.128 e. The molecule has 1 heterocycles. The summed E-state index contributed by atoms with van der Waals surface area (Å²) in [6, 6.07) is 5.28. The Morgan fingerprint density at radius 1 is 1.50 bits per heavy atom. The van der Waals surface area contributed by atoms with Crippen molar-refractivity contribution < 1.29 is 4.39 Å². The highest BCUT2D eigenvalue weighted by Crippen LogP contribution is 2.26. The Bertz CT molecular complexity index is 447. The lowest BCUT2D eigenvalue weighted by molar-refractivity contribution is 0.396. The molecule has 1 saturated heterocycles. The SMILES string of the molecule is CC(N)Cc1c(F)cccc1N(C)CC1CCN(C)C1. The molecule has 0 radical (unpaired) electrons. The number of hydrogen-bond donors (Lipinski definition) is 1. The number of hydrogen-bond acceptors (Lipinski definition) is 3. The predicted molar refractivity (Wildman–Crippen MR) is 82.6 cm³/mol. The first-order valence-corrected chi connectivity index (χ1v) is 7.40. The third-order valence-electron chi connectivity index (χ3n) is 4.05. The van der Waals surface area contributed by atoms with Crippen LogP contribution in [0, 0.1) is 11.7 Å².